The second-order valence-corrected chi connectivity index (χ2v) is 4.05. The fourth-order valence-corrected chi connectivity index (χ4v) is 2.08. The summed E-state index contributed by atoms with van der Waals surface area (Å²) in [4.78, 5) is 3.93. The first kappa shape index (κ1) is 12.6. The van der Waals surface area contributed by atoms with Crippen LogP contribution in [0.5, 0.6) is 0 Å². The average Bonchev–Trinajstić information content (AvgIpc) is 2.86. The summed E-state index contributed by atoms with van der Waals surface area (Å²) in [5.74, 6) is -1.35. The third-order valence-corrected chi connectivity index (χ3v) is 2.95. The van der Waals surface area contributed by atoms with Gasteiger partial charge in [0.25, 0.3) is 0 Å². The van der Waals surface area contributed by atoms with Crippen molar-refractivity contribution in [1.82, 2.24) is 0 Å². The quantitative estimate of drug-likeness (QED) is 0.752. The molecule has 0 amide bonds. The van der Waals surface area contributed by atoms with Crippen molar-refractivity contribution in [2.75, 3.05) is 20.3 Å². The first-order valence-corrected chi connectivity index (χ1v) is 5.41. The molecule has 0 aliphatic carbocycles. The lowest BCUT2D eigenvalue weighted by molar-refractivity contribution is -0.180. The van der Waals surface area contributed by atoms with Crippen molar-refractivity contribution in [3.8, 4) is 0 Å². The molecule has 98 valence electrons. The molecule has 0 aromatic carbocycles. The molecular weight excluding hydrogens is 239 g/mol. The SMILES string of the molecule is COC1=NC(CC2OCCO2)C(C(F)(F)F)C1. The molecule has 2 unspecified atom stereocenters. The van der Waals surface area contributed by atoms with Gasteiger partial charge in [0.1, 0.15) is 0 Å². The molecule has 2 atom stereocenters. The predicted octanol–water partition coefficient (Wildman–Crippen LogP) is 1.75. The highest BCUT2D eigenvalue weighted by molar-refractivity contribution is 5.78. The lowest BCUT2D eigenvalue weighted by atomic mass is 9.96. The van der Waals surface area contributed by atoms with Gasteiger partial charge in [0, 0.05) is 12.8 Å². The number of halogens is 3. The van der Waals surface area contributed by atoms with Crippen LogP contribution in [0.25, 0.3) is 0 Å². The highest BCUT2D eigenvalue weighted by Gasteiger charge is 2.49. The van der Waals surface area contributed by atoms with Crippen LogP contribution < -0.4 is 0 Å². The van der Waals surface area contributed by atoms with Crippen molar-refractivity contribution < 1.29 is 27.4 Å². The van der Waals surface area contributed by atoms with Crippen LogP contribution in [-0.4, -0.2) is 44.7 Å². The molecule has 4 nitrogen and oxygen atoms in total. The summed E-state index contributed by atoms with van der Waals surface area (Å²) in [7, 11) is 1.33. The summed E-state index contributed by atoms with van der Waals surface area (Å²) in [5.41, 5.74) is 0. The number of hydrogen-bond acceptors (Lipinski definition) is 4. The number of rotatable bonds is 2. The average molecular weight is 253 g/mol. The van der Waals surface area contributed by atoms with E-state index >= 15 is 0 Å². The van der Waals surface area contributed by atoms with E-state index in [9.17, 15) is 13.2 Å². The van der Waals surface area contributed by atoms with Gasteiger partial charge in [0.2, 0.25) is 0 Å². The summed E-state index contributed by atoms with van der Waals surface area (Å²) in [5, 5.41) is 0. The van der Waals surface area contributed by atoms with Gasteiger partial charge in [-0.3, -0.25) is 4.99 Å². The van der Waals surface area contributed by atoms with Crippen LogP contribution in [-0.2, 0) is 14.2 Å². The van der Waals surface area contributed by atoms with Crippen molar-refractivity contribution in [2.24, 2.45) is 10.9 Å². The Morgan fingerprint density at radius 3 is 2.53 bits per heavy atom. The van der Waals surface area contributed by atoms with Gasteiger partial charge >= 0.3 is 6.18 Å². The monoisotopic (exact) mass is 253 g/mol. The number of aliphatic imine (C=N–C) groups is 1. The van der Waals surface area contributed by atoms with Crippen molar-refractivity contribution in [2.45, 2.75) is 31.3 Å². The van der Waals surface area contributed by atoms with Gasteiger partial charge in [0.05, 0.1) is 32.3 Å². The Labute approximate surface area is 96.7 Å². The van der Waals surface area contributed by atoms with E-state index in [1.165, 1.54) is 7.11 Å². The van der Waals surface area contributed by atoms with Crippen LogP contribution in [0.4, 0.5) is 13.2 Å². The maximum atomic E-state index is 12.8. The summed E-state index contributed by atoms with van der Waals surface area (Å²) < 4.78 is 53.4. The number of nitrogens with zero attached hydrogens (tertiary/aromatic N) is 1. The lowest BCUT2D eigenvalue weighted by Crippen LogP contribution is -2.33. The molecule has 2 heterocycles. The van der Waals surface area contributed by atoms with E-state index in [4.69, 9.17) is 14.2 Å². The fourth-order valence-electron chi connectivity index (χ4n) is 2.08. The van der Waals surface area contributed by atoms with E-state index in [0.717, 1.165) is 0 Å². The minimum Gasteiger partial charge on any atom is -0.484 e. The standard InChI is InChI=1S/C10H14F3NO3/c1-15-8-4-6(10(11,12)13)7(14-8)5-9-16-2-3-17-9/h6-7,9H,2-5H2,1H3. The molecule has 7 heteroatoms. The van der Waals surface area contributed by atoms with E-state index in [1.807, 2.05) is 0 Å². The summed E-state index contributed by atoms with van der Waals surface area (Å²) in [6.07, 6.45) is -4.92. The third kappa shape index (κ3) is 2.90. The van der Waals surface area contributed by atoms with Crippen LogP contribution in [0.3, 0.4) is 0 Å². The summed E-state index contributed by atoms with van der Waals surface area (Å²) in [6.45, 7) is 0.851. The Morgan fingerprint density at radius 1 is 1.35 bits per heavy atom. The van der Waals surface area contributed by atoms with E-state index in [0.29, 0.717) is 13.2 Å². The fraction of sp³-hybridized carbons (Fsp3) is 0.900. The van der Waals surface area contributed by atoms with Crippen molar-refractivity contribution in [3.05, 3.63) is 0 Å². The third-order valence-electron chi connectivity index (χ3n) is 2.95. The van der Waals surface area contributed by atoms with Crippen LogP contribution in [0.1, 0.15) is 12.8 Å². The number of alkyl halides is 3. The smallest absolute Gasteiger partial charge is 0.394 e. The summed E-state index contributed by atoms with van der Waals surface area (Å²) in [6, 6.07) is -0.868. The van der Waals surface area contributed by atoms with E-state index < -0.39 is 24.4 Å². The van der Waals surface area contributed by atoms with Crippen LogP contribution >= 0.6 is 0 Å². The minimum atomic E-state index is -4.27. The molecule has 0 spiro atoms. The molecule has 0 aromatic rings. The van der Waals surface area contributed by atoms with Gasteiger partial charge in [-0.1, -0.05) is 0 Å². The molecule has 17 heavy (non-hydrogen) atoms. The highest BCUT2D eigenvalue weighted by atomic mass is 19.4. The Kier molecular flexibility index (Phi) is 3.58. The van der Waals surface area contributed by atoms with Gasteiger partial charge in [-0.2, -0.15) is 13.2 Å². The second kappa shape index (κ2) is 4.81. The van der Waals surface area contributed by atoms with Crippen molar-refractivity contribution in [3.63, 3.8) is 0 Å². The van der Waals surface area contributed by atoms with Gasteiger partial charge in [-0.25, -0.2) is 0 Å². The van der Waals surface area contributed by atoms with E-state index in [1.54, 1.807) is 0 Å². The molecule has 2 aliphatic rings. The Hall–Kier alpha value is -0.820. The number of hydrogen-bond donors (Lipinski definition) is 0. The van der Waals surface area contributed by atoms with Crippen LogP contribution in [0, 0.1) is 5.92 Å². The minimum absolute atomic E-state index is 0.122. The predicted molar refractivity (Wildman–Crippen MR) is 52.7 cm³/mol. The topological polar surface area (TPSA) is 40.0 Å². The Bertz CT molecular complexity index is 300. The Balaban J connectivity index is 2.02. The molecule has 0 N–H and O–H groups in total. The molecule has 0 radical (unpaired) electrons. The van der Waals surface area contributed by atoms with E-state index in [-0.39, 0.29) is 18.7 Å². The molecular formula is C10H14F3NO3. The Morgan fingerprint density at radius 2 is 2.00 bits per heavy atom. The number of ether oxygens (including phenoxy) is 3. The summed E-state index contributed by atoms with van der Waals surface area (Å²) >= 11 is 0. The van der Waals surface area contributed by atoms with Gasteiger partial charge in [0.15, 0.2) is 12.2 Å². The zero-order valence-corrected chi connectivity index (χ0v) is 9.37. The second-order valence-electron chi connectivity index (χ2n) is 4.05. The zero-order valence-electron chi connectivity index (χ0n) is 9.37. The molecule has 0 aromatic heterocycles. The van der Waals surface area contributed by atoms with Gasteiger partial charge in [-0.15, -0.1) is 0 Å². The molecule has 0 bridgehead atoms. The van der Waals surface area contributed by atoms with Gasteiger partial charge in [-0.05, 0) is 0 Å². The van der Waals surface area contributed by atoms with Crippen molar-refractivity contribution in [1.29, 1.82) is 0 Å². The molecule has 0 saturated carbocycles. The number of methoxy groups -OCH3 is 1. The highest BCUT2D eigenvalue weighted by Crippen LogP contribution is 2.39. The maximum Gasteiger partial charge on any atom is 0.394 e. The zero-order chi connectivity index (χ0) is 12.5. The first-order chi connectivity index (χ1) is 8.00. The van der Waals surface area contributed by atoms with Gasteiger partial charge < -0.3 is 14.2 Å². The molecule has 1 fully saturated rings. The van der Waals surface area contributed by atoms with E-state index in [2.05, 4.69) is 4.99 Å². The van der Waals surface area contributed by atoms with Crippen LogP contribution in [0.15, 0.2) is 4.99 Å². The van der Waals surface area contributed by atoms with Crippen molar-refractivity contribution >= 4 is 5.90 Å². The molecule has 2 aliphatic heterocycles. The molecule has 1 saturated heterocycles. The first-order valence-electron chi connectivity index (χ1n) is 5.41. The largest absolute Gasteiger partial charge is 0.484 e. The maximum absolute atomic E-state index is 12.8. The normalized spacial score (nSPS) is 30.7. The lowest BCUT2D eigenvalue weighted by Gasteiger charge is -2.22. The van der Waals surface area contributed by atoms with Crippen LogP contribution in [0.2, 0.25) is 0 Å². The molecule has 2 rings (SSSR count).